The summed E-state index contributed by atoms with van der Waals surface area (Å²) in [5.74, 6) is 0.274. The van der Waals surface area contributed by atoms with E-state index >= 15 is 0 Å². The number of rotatable bonds is 0. The fourth-order valence-corrected chi connectivity index (χ4v) is 0.952. The second kappa shape index (κ2) is 4.07. The zero-order chi connectivity index (χ0) is 5.98. The number of hydrogen-bond donors (Lipinski definition) is 1. The number of piperidine rings is 1. The molecule has 0 aliphatic carbocycles. The number of nitrogens with one attached hydrogen (secondary N) is 1. The summed E-state index contributed by atoms with van der Waals surface area (Å²) < 4.78 is 12.5. The first-order valence-electron chi connectivity index (χ1n) is 3.15. The molecule has 1 rings (SSSR count). The van der Waals surface area contributed by atoms with Crippen molar-refractivity contribution in [1.29, 1.82) is 0 Å². The largest absolute Gasteiger partial charge is 0.314 e. The quantitative estimate of drug-likeness (QED) is 0.555. The Morgan fingerprint density at radius 1 is 1.56 bits per heavy atom. The maximum absolute atomic E-state index is 12.5. The maximum atomic E-state index is 12.5. The minimum Gasteiger partial charge on any atom is -0.314 e. The van der Waals surface area contributed by atoms with Gasteiger partial charge >= 0.3 is 0 Å². The van der Waals surface area contributed by atoms with Crippen molar-refractivity contribution >= 4 is 12.4 Å². The molecular formula is C6H13ClFN. The highest BCUT2D eigenvalue weighted by Crippen LogP contribution is 2.13. The smallest absolute Gasteiger partial charge is 0.115 e. The van der Waals surface area contributed by atoms with Gasteiger partial charge in [-0.25, -0.2) is 4.39 Å². The van der Waals surface area contributed by atoms with Gasteiger partial charge < -0.3 is 5.32 Å². The Hall–Kier alpha value is 0.180. The van der Waals surface area contributed by atoms with Crippen molar-refractivity contribution in [3.63, 3.8) is 0 Å². The highest BCUT2D eigenvalue weighted by atomic mass is 35.5. The monoisotopic (exact) mass is 153 g/mol. The van der Waals surface area contributed by atoms with Gasteiger partial charge in [0.2, 0.25) is 0 Å². The highest BCUT2D eigenvalue weighted by Gasteiger charge is 2.18. The predicted octanol–water partition coefficient (Wildman–Crippen LogP) is 1.38. The van der Waals surface area contributed by atoms with Crippen molar-refractivity contribution in [1.82, 2.24) is 5.32 Å². The molecule has 0 spiro atoms. The van der Waals surface area contributed by atoms with Gasteiger partial charge in [0, 0.05) is 6.54 Å². The van der Waals surface area contributed by atoms with Crippen LogP contribution in [-0.2, 0) is 0 Å². The lowest BCUT2D eigenvalue weighted by Crippen LogP contribution is -2.36. The molecule has 56 valence electrons. The van der Waals surface area contributed by atoms with Crippen molar-refractivity contribution in [2.45, 2.75) is 19.5 Å². The summed E-state index contributed by atoms with van der Waals surface area (Å²) in [7, 11) is 0. The van der Waals surface area contributed by atoms with Crippen LogP contribution in [0.4, 0.5) is 4.39 Å². The van der Waals surface area contributed by atoms with Gasteiger partial charge in [0.25, 0.3) is 0 Å². The fourth-order valence-electron chi connectivity index (χ4n) is 0.952. The average molecular weight is 154 g/mol. The molecule has 0 amide bonds. The Labute approximate surface area is 61.4 Å². The molecule has 1 aliphatic heterocycles. The SMILES string of the molecule is C[C@@H]1CCNC[C@@H]1F.Cl. The molecule has 1 nitrogen and oxygen atoms in total. The first kappa shape index (κ1) is 9.18. The van der Waals surface area contributed by atoms with Crippen LogP contribution in [0.25, 0.3) is 0 Å². The Kier molecular flexibility index (Phi) is 4.15. The Balaban J connectivity index is 0.000000640. The van der Waals surface area contributed by atoms with Gasteiger partial charge in [-0.2, -0.15) is 0 Å². The molecule has 0 aromatic carbocycles. The van der Waals surface area contributed by atoms with Crippen LogP contribution >= 0.6 is 12.4 Å². The number of halogens is 2. The molecule has 1 fully saturated rings. The van der Waals surface area contributed by atoms with E-state index in [1.54, 1.807) is 0 Å². The minimum atomic E-state index is -0.608. The summed E-state index contributed by atoms with van der Waals surface area (Å²) in [6.07, 6.45) is 0.380. The van der Waals surface area contributed by atoms with Crippen LogP contribution in [0.2, 0.25) is 0 Å². The summed E-state index contributed by atoms with van der Waals surface area (Å²) >= 11 is 0. The summed E-state index contributed by atoms with van der Waals surface area (Å²) in [5, 5.41) is 2.99. The second-order valence-electron chi connectivity index (χ2n) is 2.49. The third kappa shape index (κ3) is 2.50. The molecular weight excluding hydrogens is 141 g/mol. The molecule has 1 heterocycles. The zero-order valence-corrected chi connectivity index (χ0v) is 6.38. The Morgan fingerprint density at radius 3 is 2.56 bits per heavy atom. The van der Waals surface area contributed by atoms with E-state index in [9.17, 15) is 4.39 Å². The van der Waals surface area contributed by atoms with E-state index in [4.69, 9.17) is 0 Å². The van der Waals surface area contributed by atoms with Crippen LogP contribution in [-0.4, -0.2) is 19.3 Å². The zero-order valence-electron chi connectivity index (χ0n) is 5.56. The minimum absolute atomic E-state index is 0. The fraction of sp³-hybridized carbons (Fsp3) is 1.00. The van der Waals surface area contributed by atoms with Crippen LogP contribution in [0.5, 0.6) is 0 Å². The molecule has 0 radical (unpaired) electrons. The number of hydrogen-bond acceptors (Lipinski definition) is 1. The van der Waals surface area contributed by atoms with Crippen molar-refractivity contribution in [2.24, 2.45) is 5.92 Å². The lowest BCUT2D eigenvalue weighted by atomic mass is 9.99. The van der Waals surface area contributed by atoms with E-state index in [0.29, 0.717) is 6.54 Å². The van der Waals surface area contributed by atoms with E-state index in [-0.39, 0.29) is 18.3 Å². The molecule has 0 bridgehead atoms. The average Bonchev–Trinajstić information content (AvgIpc) is 1.77. The predicted molar refractivity (Wildman–Crippen MR) is 38.8 cm³/mol. The normalized spacial score (nSPS) is 35.3. The van der Waals surface area contributed by atoms with Crippen LogP contribution < -0.4 is 5.32 Å². The summed E-state index contributed by atoms with van der Waals surface area (Å²) in [4.78, 5) is 0. The summed E-state index contributed by atoms with van der Waals surface area (Å²) in [5.41, 5.74) is 0. The van der Waals surface area contributed by atoms with Crippen molar-refractivity contribution < 1.29 is 4.39 Å². The van der Waals surface area contributed by atoms with E-state index in [1.807, 2.05) is 6.92 Å². The molecule has 0 unspecified atom stereocenters. The molecule has 1 N–H and O–H groups in total. The van der Waals surface area contributed by atoms with E-state index in [0.717, 1.165) is 13.0 Å². The van der Waals surface area contributed by atoms with Crippen LogP contribution in [0, 0.1) is 5.92 Å². The van der Waals surface area contributed by atoms with E-state index in [1.165, 1.54) is 0 Å². The van der Waals surface area contributed by atoms with Gasteiger partial charge in [-0.05, 0) is 18.9 Å². The molecule has 3 heteroatoms. The summed E-state index contributed by atoms with van der Waals surface area (Å²) in [6.45, 7) is 3.51. The molecule has 1 saturated heterocycles. The standard InChI is InChI=1S/C6H12FN.ClH/c1-5-2-3-8-4-6(5)7;/h5-6,8H,2-4H2,1H3;1H/t5-,6+;/m1./s1. The maximum Gasteiger partial charge on any atom is 0.115 e. The van der Waals surface area contributed by atoms with Gasteiger partial charge in [0.15, 0.2) is 0 Å². The van der Waals surface area contributed by atoms with Gasteiger partial charge in [0.05, 0.1) is 0 Å². The van der Waals surface area contributed by atoms with Crippen molar-refractivity contribution in [2.75, 3.05) is 13.1 Å². The van der Waals surface area contributed by atoms with Crippen LogP contribution in [0.3, 0.4) is 0 Å². The summed E-state index contributed by atoms with van der Waals surface area (Å²) in [6, 6.07) is 0. The van der Waals surface area contributed by atoms with Crippen molar-refractivity contribution in [3.05, 3.63) is 0 Å². The molecule has 2 atom stereocenters. The molecule has 0 saturated carbocycles. The molecule has 0 aromatic rings. The number of alkyl halides is 1. The first-order valence-corrected chi connectivity index (χ1v) is 3.15. The third-order valence-corrected chi connectivity index (χ3v) is 1.73. The van der Waals surface area contributed by atoms with Gasteiger partial charge in [0.1, 0.15) is 6.17 Å². The Bertz CT molecular complexity index is 69.5. The van der Waals surface area contributed by atoms with Gasteiger partial charge in [-0.1, -0.05) is 6.92 Å². The van der Waals surface area contributed by atoms with Crippen LogP contribution in [0.1, 0.15) is 13.3 Å². The van der Waals surface area contributed by atoms with Gasteiger partial charge in [-0.3, -0.25) is 0 Å². The topological polar surface area (TPSA) is 12.0 Å². The van der Waals surface area contributed by atoms with Gasteiger partial charge in [-0.15, -0.1) is 12.4 Å². The van der Waals surface area contributed by atoms with E-state index in [2.05, 4.69) is 5.32 Å². The molecule has 9 heavy (non-hydrogen) atoms. The lowest BCUT2D eigenvalue weighted by Gasteiger charge is -2.22. The molecule has 1 aliphatic rings. The van der Waals surface area contributed by atoms with Crippen LogP contribution in [0.15, 0.2) is 0 Å². The highest BCUT2D eigenvalue weighted by molar-refractivity contribution is 5.85. The second-order valence-corrected chi connectivity index (χ2v) is 2.49. The van der Waals surface area contributed by atoms with E-state index < -0.39 is 6.17 Å². The molecule has 0 aromatic heterocycles. The third-order valence-electron chi connectivity index (χ3n) is 1.73. The first-order chi connectivity index (χ1) is 3.80. The van der Waals surface area contributed by atoms with Crippen molar-refractivity contribution in [3.8, 4) is 0 Å². The Morgan fingerprint density at radius 2 is 2.22 bits per heavy atom. The lowest BCUT2D eigenvalue weighted by molar-refractivity contribution is 0.194.